The van der Waals surface area contributed by atoms with Gasteiger partial charge in [-0.1, -0.05) is 42.6 Å². The van der Waals surface area contributed by atoms with Gasteiger partial charge in [-0.25, -0.2) is 13.1 Å². The van der Waals surface area contributed by atoms with E-state index in [1.54, 1.807) is 36.4 Å². The maximum Gasteiger partial charge on any atom is 0.255 e. The zero-order valence-corrected chi connectivity index (χ0v) is 18.7. The lowest BCUT2D eigenvalue weighted by Crippen LogP contribution is -2.32. The van der Waals surface area contributed by atoms with E-state index in [-0.39, 0.29) is 17.3 Å². The lowest BCUT2D eigenvalue weighted by molar-refractivity contribution is 0.0758. The Morgan fingerprint density at radius 3 is 2.45 bits per heavy atom. The number of hydrogen-bond acceptors (Lipinski definition) is 4. The van der Waals surface area contributed by atoms with Crippen LogP contribution in [0.1, 0.15) is 41.6 Å². The van der Waals surface area contributed by atoms with Gasteiger partial charge >= 0.3 is 0 Å². The van der Waals surface area contributed by atoms with Gasteiger partial charge in [-0.2, -0.15) is 0 Å². The molecule has 2 aromatic rings. The molecule has 0 atom stereocenters. The first-order chi connectivity index (χ1) is 13.9. The minimum absolute atomic E-state index is 0.0838. The Bertz CT molecular complexity index is 972. The van der Waals surface area contributed by atoms with Gasteiger partial charge in [0.25, 0.3) is 5.91 Å². The summed E-state index contributed by atoms with van der Waals surface area (Å²) in [5, 5.41) is 0.505. The van der Waals surface area contributed by atoms with Crippen LogP contribution in [0.4, 0.5) is 0 Å². The molecule has 0 aliphatic carbocycles. The van der Waals surface area contributed by atoms with E-state index in [4.69, 9.17) is 11.6 Å². The number of carbonyl (C=O) groups is 1. The van der Waals surface area contributed by atoms with Gasteiger partial charge in [-0.05, 0) is 48.9 Å². The fourth-order valence-corrected chi connectivity index (χ4v) is 5.17. The molecule has 0 bridgehead atoms. The average Bonchev–Trinajstić information content (AvgIpc) is 3.02. The Balaban J connectivity index is 1.84. The SMILES string of the molecule is CSc1ccc(S(=O)(=O)NCc2ccccc2Cl)cc1C(=O)N1CCCCCC1. The topological polar surface area (TPSA) is 66.5 Å². The van der Waals surface area contributed by atoms with Crippen LogP contribution in [0.5, 0.6) is 0 Å². The number of amides is 1. The van der Waals surface area contributed by atoms with Crippen LogP contribution < -0.4 is 4.72 Å². The molecule has 0 unspecified atom stereocenters. The van der Waals surface area contributed by atoms with E-state index in [0.29, 0.717) is 29.2 Å². The highest BCUT2D eigenvalue weighted by atomic mass is 35.5. The van der Waals surface area contributed by atoms with Gasteiger partial charge < -0.3 is 4.90 Å². The van der Waals surface area contributed by atoms with Gasteiger partial charge in [0.2, 0.25) is 10.0 Å². The van der Waals surface area contributed by atoms with E-state index in [1.165, 1.54) is 17.8 Å². The molecule has 5 nitrogen and oxygen atoms in total. The summed E-state index contributed by atoms with van der Waals surface area (Å²) in [5.74, 6) is -0.0978. The molecule has 3 rings (SSSR count). The number of rotatable bonds is 6. The molecule has 0 radical (unpaired) electrons. The van der Waals surface area contributed by atoms with Crippen LogP contribution in [0.15, 0.2) is 52.3 Å². The summed E-state index contributed by atoms with van der Waals surface area (Å²) in [6.07, 6.45) is 6.10. The molecule has 1 N–H and O–H groups in total. The van der Waals surface area contributed by atoms with Gasteiger partial charge in [0.15, 0.2) is 0 Å². The van der Waals surface area contributed by atoms with Crippen LogP contribution in [0.3, 0.4) is 0 Å². The summed E-state index contributed by atoms with van der Waals surface area (Å²) < 4.78 is 28.3. The molecule has 1 saturated heterocycles. The van der Waals surface area contributed by atoms with E-state index >= 15 is 0 Å². The second-order valence-corrected chi connectivity index (χ2v) is 10.0. The van der Waals surface area contributed by atoms with E-state index in [2.05, 4.69) is 4.72 Å². The molecule has 8 heteroatoms. The van der Waals surface area contributed by atoms with E-state index < -0.39 is 10.0 Å². The third-order valence-electron chi connectivity index (χ3n) is 5.02. The van der Waals surface area contributed by atoms with Gasteiger partial charge in [0, 0.05) is 29.6 Å². The number of likely N-dealkylation sites (tertiary alicyclic amines) is 1. The Morgan fingerprint density at radius 2 is 1.79 bits per heavy atom. The summed E-state index contributed by atoms with van der Waals surface area (Å²) in [6, 6.07) is 11.8. The quantitative estimate of drug-likeness (QED) is 0.652. The van der Waals surface area contributed by atoms with Crippen molar-refractivity contribution in [3.8, 4) is 0 Å². The number of carbonyl (C=O) groups excluding carboxylic acids is 1. The number of halogens is 1. The minimum Gasteiger partial charge on any atom is -0.339 e. The maximum atomic E-state index is 13.1. The summed E-state index contributed by atoms with van der Waals surface area (Å²) >= 11 is 7.56. The number of nitrogens with zero attached hydrogens (tertiary/aromatic N) is 1. The Hall–Kier alpha value is -1.54. The van der Waals surface area contributed by atoms with Crippen molar-refractivity contribution >= 4 is 39.3 Å². The molecule has 0 saturated carbocycles. The molecule has 0 spiro atoms. The lowest BCUT2D eigenvalue weighted by atomic mass is 10.2. The molecule has 1 fully saturated rings. The van der Waals surface area contributed by atoms with Crippen molar-refractivity contribution in [3.05, 3.63) is 58.6 Å². The van der Waals surface area contributed by atoms with Crippen LogP contribution in [-0.4, -0.2) is 38.6 Å². The first-order valence-electron chi connectivity index (χ1n) is 9.63. The number of hydrogen-bond donors (Lipinski definition) is 1. The third kappa shape index (κ3) is 5.54. The number of sulfonamides is 1. The van der Waals surface area contributed by atoms with Crippen molar-refractivity contribution < 1.29 is 13.2 Å². The summed E-state index contributed by atoms with van der Waals surface area (Å²) in [4.78, 5) is 15.8. The normalized spacial score (nSPS) is 15.2. The summed E-state index contributed by atoms with van der Waals surface area (Å²) in [5.41, 5.74) is 1.14. The van der Waals surface area contributed by atoms with Gasteiger partial charge in [-0.15, -0.1) is 11.8 Å². The zero-order chi connectivity index (χ0) is 20.9. The minimum atomic E-state index is -3.78. The summed E-state index contributed by atoms with van der Waals surface area (Å²) in [6.45, 7) is 1.52. The number of nitrogens with one attached hydrogen (secondary N) is 1. The Kier molecular flexibility index (Phi) is 7.62. The highest BCUT2D eigenvalue weighted by Gasteiger charge is 2.23. The van der Waals surface area contributed by atoms with E-state index in [0.717, 1.165) is 30.6 Å². The van der Waals surface area contributed by atoms with E-state index in [9.17, 15) is 13.2 Å². The number of thioether (sulfide) groups is 1. The second kappa shape index (κ2) is 9.98. The largest absolute Gasteiger partial charge is 0.339 e. The summed E-state index contributed by atoms with van der Waals surface area (Å²) in [7, 11) is -3.78. The first-order valence-corrected chi connectivity index (χ1v) is 12.7. The molecular weight excluding hydrogens is 428 g/mol. The zero-order valence-electron chi connectivity index (χ0n) is 16.4. The predicted octanol–water partition coefficient (Wildman–Crippen LogP) is 4.56. The average molecular weight is 453 g/mol. The standard InChI is InChI=1S/C21H25ClN2O3S2/c1-28-20-11-10-17(14-18(20)21(25)24-12-6-2-3-7-13-24)29(26,27)23-15-16-8-4-5-9-19(16)22/h4-5,8-11,14,23H,2-3,6-7,12-13,15H2,1H3. The molecule has 1 aliphatic heterocycles. The molecule has 29 heavy (non-hydrogen) atoms. The fraction of sp³-hybridized carbons (Fsp3) is 0.381. The van der Waals surface area contributed by atoms with Crippen molar-refractivity contribution in [3.63, 3.8) is 0 Å². The Morgan fingerprint density at radius 1 is 1.10 bits per heavy atom. The van der Waals surface area contributed by atoms with Crippen molar-refractivity contribution in [2.24, 2.45) is 0 Å². The first kappa shape index (κ1) is 22.2. The highest BCUT2D eigenvalue weighted by Crippen LogP contribution is 2.26. The smallest absolute Gasteiger partial charge is 0.255 e. The predicted molar refractivity (Wildman–Crippen MR) is 118 cm³/mol. The fourth-order valence-electron chi connectivity index (χ4n) is 3.36. The van der Waals surface area contributed by atoms with Crippen molar-refractivity contribution in [1.29, 1.82) is 0 Å². The second-order valence-electron chi connectivity index (χ2n) is 6.98. The van der Waals surface area contributed by atoms with Crippen LogP contribution in [-0.2, 0) is 16.6 Å². The molecule has 1 heterocycles. The molecule has 0 aromatic heterocycles. The molecule has 1 amide bonds. The molecule has 1 aliphatic rings. The maximum absolute atomic E-state index is 13.1. The van der Waals surface area contributed by atoms with Crippen molar-refractivity contribution in [2.45, 2.75) is 42.0 Å². The van der Waals surface area contributed by atoms with Crippen LogP contribution in [0.25, 0.3) is 0 Å². The Labute approximate surface area is 181 Å². The monoisotopic (exact) mass is 452 g/mol. The van der Waals surface area contributed by atoms with Gasteiger partial charge in [0.05, 0.1) is 10.5 Å². The lowest BCUT2D eigenvalue weighted by Gasteiger charge is -2.22. The molecular formula is C21H25ClN2O3S2. The molecule has 156 valence electrons. The van der Waals surface area contributed by atoms with Crippen LogP contribution in [0.2, 0.25) is 5.02 Å². The van der Waals surface area contributed by atoms with Crippen molar-refractivity contribution in [2.75, 3.05) is 19.3 Å². The third-order valence-corrected chi connectivity index (χ3v) is 7.58. The van der Waals surface area contributed by atoms with Crippen LogP contribution >= 0.6 is 23.4 Å². The number of benzene rings is 2. The van der Waals surface area contributed by atoms with Crippen molar-refractivity contribution in [1.82, 2.24) is 9.62 Å². The van der Waals surface area contributed by atoms with Crippen LogP contribution in [0, 0.1) is 0 Å². The van der Waals surface area contributed by atoms with Gasteiger partial charge in [0.1, 0.15) is 0 Å². The molecule has 2 aromatic carbocycles. The highest BCUT2D eigenvalue weighted by molar-refractivity contribution is 7.98. The van der Waals surface area contributed by atoms with Gasteiger partial charge in [-0.3, -0.25) is 4.79 Å². The van der Waals surface area contributed by atoms with E-state index in [1.807, 2.05) is 11.2 Å².